The van der Waals surface area contributed by atoms with Crippen LogP contribution in [0.15, 0.2) is 52.1 Å². The van der Waals surface area contributed by atoms with Crippen LogP contribution in [0, 0.1) is 17.8 Å². The summed E-state index contributed by atoms with van der Waals surface area (Å²) in [5.41, 5.74) is 0.325. The quantitative estimate of drug-likeness (QED) is 0.425. The minimum Gasteiger partial charge on any atom is -0.381 e. The van der Waals surface area contributed by atoms with Gasteiger partial charge in [0.15, 0.2) is 0 Å². The Kier molecular flexibility index (Phi) is 7.04. The molecule has 0 fully saturated rings. The van der Waals surface area contributed by atoms with Crippen LogP contribution in [0.25, 0.3) is 0 Å². The fraction of sp³-hybridized carbons (Fsp3) is 0.462. The summed E-state index contributed by atoms with van der Waals surface area (Å²) in [4.78, 5) is 23.1. The van der Waals surface area contributed by atoms with E-state index in [1.807, 2.05) is 19.1 Å². The molecule has 2 aromatic rings. The second-order valence-electron chi connectivity index (χ2n) is 9.65. The molecular formula is C26H30F3N2O2P. The van der Waals surface area contributed by atoms with Crippen LogP contribution in [-0.4, -0.2) is 12.6 Å². The molecule has 0 bridgehead atoms. The molecule has 2 aliphatic rings. The van der Waals surface area contributed by atoms with E-state index in [-0.39, 0.29) is 29.7 Å². The van der Waals surface area contributed by atoms with Gasteiger partial charge in [0.1, 0.15) is 0 Å². The van der Waals surface area contributed by atoms with E-state index in [1.54, 1.807) is 6.07 Å². The molecule has 2 aromatic carbocycles. The van der Waals surface area contributed by atoms with Crippen LogP contribution in [0.1, 0.15) is 50.2 Å². The van der Waals surface area contributed by atoms with Gasteiger partial charge >= 0.3 is 6.18 Å². The number of rotatable bonds is 7. The summed E-state index contributed by atoms with van der Waals surface area (Å²) in [5, 5.41) is 7.06. The molecule has 34 heavy (non-hydrogen) atoms. The maximum absolute atomic E-state index is 13.4. The highest BCUT2D eigenvalue weighted by atomic mass is 31.0. The van der Waals surface area contributed by atoms with Gasteiger partial charge in [-0.3, -0.25) is 9.59 Å². The first-order valence-electron chi connectivity index (χ1n) is 11.7. The molecule has 2 N–H and O–H groups in total. The zero-order chi connectivity index (χ0) is 24.6. The molecular weight excluding hydrogens is 460 g/mol. The fourth-order valence-corrected chi connectivity index (χ4v) is 5.60. The van der Waals surface area contributed by atoms with Gasteiger partial charge in [-0.05, 0) is 60.8 Å². The monoisotopic (exact) mass is 490 g/mol. The van der Waals surface area contributed by atoms with E-state index in [4.69, 9.17) is 0 Å². The number of fused-ring (bicyclic) bond motifs is 1. The number of anilines is 2. The third-order valence-electron chi connectivity index (χ3n) is 7.34. The molecule has 0 spiro atoms. The Bertz CT molecular complexity index is 1180. The third-order valence-corrected chi connectivity index (χ3v) is 7.89. The van der Waals surface area contributed by atoms with Crippen molar-refractivity contribution in [2.75, 3.05) is 17.2 Å². The number of hydrogen-bond acceptors (Lipinski definition) is 4. The lowest BCUT2D eigenvalue weighted by atomic mass is 9.70. The fourth-order valence-electron chi connectivity index (χ4n) is 5.24. The number of halogens is 3. The van der Waals surface area contributed by atoms with Crippen LogP contribution in [0.5, 0.6) is 0 Å². The van der Waals surface area contributed by atoms with Crippen molar-refractivity contribution in [3.8, 4) is 0 Å². The van der Waals surface area contributed by atoms with E-state index in [0.717, 1.165) is 31.0 Å². The molecule has 1 aliphatic heterocycles. The van der Waals surface area contributed by atoms with Gasteiger partial charge in [-0.2, -0.15) is 13.2 Å². The molecule has 0 saturated carbocycles. The van der Waals surface area contributed by atoms with Crippen LogP contribution < -0.4 is 26.8 Å². The molecule has 0 radical (unpaired) electrons. The van der Waals surface area contributed by atoms with Crippen LogP contribution in [0.2, 0.25) is 0 Å². The Morgan fingerprint density at radius 2 is 1.97 bits per heavy atom. The number of hydrogen-bond donors (Lipinski definition) is 2. The van der Waals surface area contributed by atoms with Crippen LogP contribution in [0.4, 0.5) is 24.5 Å². The SMILES string of the molecule is C[C@H](CC[C@@H]1[C@H](C)c2cc(C(F)(F)F)ccc2N[C@H]1C1C=CC=CC1)CNc1c(P)c(=O)c1=O. The summed E-state index contributed by atoms with van der Waals surface area (Å²) >= 11 is 0. The van der Waals surface area contributed by atoms with Crippen molar-refractivity contribution in [2.45, 2.75) is 51.2 Å². The van der Waals surface area contributed by atoms with Crippen molar-refractivity contribution in [1.82, 2.24) is 0 Å². The molecule has 8 heteroatoms. The molecule has 0 amide bonds. The number of alkyl halides is 3. The van der Waals surface area contributed by atoms with Crippen molar-refractivity contribution in [3.05, 3.63) is 74.1 Å². The summed E-state index contributed by atoms with van der Waals surface area (Å²) in [6.07, 6.45) is 6.59. The van der Waals surface area contributed by atoms with Crippen molar-refractivity contribution >= 4 is 25.9 Å². The largest absolute Gasteiger partial charge is 0.416 e. The summed E-state index contributed by atoms with van der Waals surface area (Å²) in [7, 11) is 2.30. The van der Waals surface area contributed by atoms with Crippen molar-refractivity contribution in [2.24, 2.45) is 17.8 Å². The van der Waals surface area contributed by atoms with E-state index in [9.17, 15) is 22.8 Å². The lowest BCUT2D eigenvalue weighted by Gasteiger charge is -2.43. The Morgan fingerprint density at radius 3 is 2.62 bits per heavy atom. The molecule has 1 aliphatic carbocycles. The predicted octanol–water partition coefficient (Wildman–Crippen LogP) is 4.98. The molecule has 0 saturated heterocycles. The first-order valence-corrected chi connectivity index (χ1v) is 12.3. The normalized spacial score (nSPS) is 25.1. The van der Waals surface area contributed by atoms with Crippen LogP contribution in [0.3, 0.4) is 0 Å². The lowest BCUT2D eigenvalue weighted by Crippen LogP contribution is -2.46. The van der Waals surface area contributed by atoms with Crippen LogP contribution >= 0.6 is 9.24 Å². The van der Waals surface area contributed by atoms with Crippen molar-refractivity contribution in [3.63, 3.8) is 0 Å². The van der Waals surface area contributed by atoms with Crippen molar-refractivity contribution < 1.29 is 13.2 Å². The molecule has 2 unspecified atom stereocenters. The van der Waals surface area contributed by atoms with Gasteiger partial charge in [0, 0.05) is 29.5 Å². The van der Waals surface area contributed by atoms with Crippen molar-refractivity contribution in [1.29, 1.82) is 0 Å². The highest BCUT2D eigenvalue weighted by Gasteiger charge is 2.39. The minimum absolute atomic E-state index is 0.0322. The van der Waals surface area contributed by atoms with E-state index in [0.29, 0.717) is 23.1 Å². The summed E-state index contributed by atoms with van der Waals surface area (Å²) in [6, 6.07) is 4.14. The summed E-state index contributed by atoms with van der Waals surface area (Å²) < 4.78 is 40.1. The predicted molar refractivity (Wildman–Crippen MR) is 135 cm³/mol. The zero-order valence-electron chi connectivity index (χ0n) is 19.3. The molecule has 1 heterocycles. The van der Waals surface area contributed by atoms with Gasteiger partial charge in [-0.25, -0.2) is 0 Å². The molecule has 182 valence electrons. The number of nitrogens with one attached hydrogen (secondary N) is 2. The zero-order valence-corrected chi connectivity index (χ0v) is 20.4. The second-order valence-corrected chi connectivity index (χ2v) is 10.2. The van der Waals surface area contributed by atoms with E-state index >= 15 is 0 Å². The highest BCUT2D eigenvalue weighted by Crippen LogP contribution is 2.45. The van der Waals surface area contributed by atoms with E-state index in [1.165, 1.54) is 6.07 Å². The standard InChI is InChI=1S/C26H30F3N2O2P/c1-14(13-30-22-23(32)24(33)25(22)34)8-10-18-15(2)19-12-17(26(27,28)29)9-11-20(19)31-21(18)16-6-4-3-5-7-16/h3-6,9,11-12,14-16,18,21,30-31H,7-8,10,13,34H2,1-2H3/t14-,15+,16?,18-,21+/m1/s1. The Labute approximate surface area is 199 Å². The maximum atomic E-state index is 13.4. The molecule has 6 atom stereocenters. The summed E-state index contributed by atoms with van der Waals surface area (Å²) in [5.74, 6) is 0.620. The van der Waals surface area contributed by atoms with Gasteiger partial charge in [0.05, 0.1) is 11.3 Å². The van der Waals surface area contributed by atoms with Gasteiger partial charge < -0.3 is 10.6 Å². The van der Waals surface area contributed by atoms with Crippen LogP contribution in [-0.2, 0) is 6.18 Å². The average Bonchev–Trinajstić information content (AvgIpc) is 2.82. The Balaban J connectivity index is 1.50. The molecule has 0 aromatic heterocycles. The maximum Gasteiger partial charge on any atom is 0.416 e. The van der Waals surface area contributed by atoms with Gasteiger partial charge in [0.25, 0.3) is 0 Å². The Hall–Kier alpha value is -2.40. The molecule has 4 rings (SSSR count). The smallest absolute Gasteiger partial charge is 0.381 e. The number of benzene rings is 1. The second kappa shape index (κ2) is 9.69. The number of allylic oxidation sites excluding steroid dienone is 3. The third kappa shape index (κ3) is 4.86. The molecule has 4 nitrogen and oxygen atoms in total. The highest BCUT2D eigenvalue weighted by molar-refractivity contribution is 7.28. The first kappa shape index (κ1) is 24.7. The first-order chi connectivity index (χ1) is 16.1. The van der Waals surface area contributed by atoms with E-state index < -0.39 is 22.6 Å². The average molecular weight is 491 g/mol. The summed E-state index contributed by atoms with van der Waals surface area (Å²) in [6.45, 7) is 4.68. The minimum atomic E-state index is -4.37. The topological polar surface area (TPSA) is 58.2 Å². The van der Waals surface area contributed by atoms with Gasteiger partial charge in [-0.1, -0.05) is 47.4 Å². The van der Waals surface area contributed by atoms with Gasteiger partial charge in [-0.15, -0.1) is 0 Å². The Morgan fingerprint density at radius 1 is 1.21 bits per heavy atom. The van der Waals surface area contributed by atoms with Gasteiger partial charge in [0.2, 0.25) is 10.9 Å². The lowest BCUT2D eigenvalue weighted by molar-refractivity contribution is -0.137. The van der Waals surface area contributed by atoms with E-state index in [2.05, 4.69) is 38.9 Å².